The Labute approximate surface area is 82.8 Å². The first-order valence-electron chi connectivity index (χ1n) is 4.51. The molecule has 1 heterocycles. The third-order valence-corrected chi connectivity index (χ3v) is 2.24. The van der Waals surface area contributed by atoms with E-state index < -0.39 is 0 Å². The minimum Gasteiger partial charge on any atom is -0.711 e. The van der Waals surface area contributed by atoms with Crippen LogP contribution in [0.15, 0.2) is 36.8 Å². The largest absolute Gasteiger partial charge is 0.711 e. The predicted octanol–water partition coefficient (Wildman–Crippen LogP) is 1.73. The quantitative estimate of drug-likeness (QED) is 0.495. The summed E-state index contributed by atoms with van der Waals surface area (Å²) in [6.07, 6.45) is 3.08. The van der Waals surface area contributed by atoms with Gasteiger partial charge in [-0.1, -0.05) is 17.7 Å². The second-order valence-corrected chi connectivity index (χ2v) is 3.45. The van der Waals surface area contributed by atoms with Crippen LogP contribution in [-0.4, -0.2) is 4.57 Å². The van der Waals surface area contributed by atoms with Crippen LogP contribution in [0.4, 0.5) is 0 Å². The maximum Gasteiger partial charge on any atom is 0.252 e. The summed E-state index contributed by atoms with van der Waals surface area (Å²) in [5, 5.41) is 11.0. The van der Waals surface area contributed by atoms with Gasteiger partial charge in [0.25, 0.3) is 6.33 Å². The van der Waals surface area contributed by atoms with Crippen LogP contribution in [-0.2, 0) is 0 Å². The van der Waals surface area contributed by atoms with Crippen LogP contribution in [0.3, 0.4) is 0 Å². The van der Waals surface area contributed by atoms with E-state index >= 15 is 0 Å². The zero-order chi connectivity index (χ0) is 10.1. The van der Waals surface area contributed by atoms with Gasteiger partial charge in [-0.25, -0.2) is 4.73 Å². The van der Waals surface area contributed by atoms with E-state index in [1.54, 1.807) is 6.20 Å². The van der Waals surface area contributed by atoms with Crippen molar-refractivity contribution >= 4 is 0 Å². The van der Waals surface area contributed by atoms with E-state index in [1.165, 1.54) is 11.9 Å². The third kappa shape index (κ3) is 1.48. The molecule has 0 N–H and O–H groups in total. The maximum atomic E-state index is 11.0. The predicted molar refractivity (Wildman–Crippen MR) is 54.2 cm³/mol. The lowest BCUT2D eigenvalue weighted by Crippen LogP contribution is -2.21. The van der Waals surface area contributed by atoms with E-state index in [-0.39, 0.29) is 0 Å². The van der Waals surface area contributed by atoms with E-state index in [4.69, 9.17) is 0 Å². The van der Waals surface area contributed by atoms with Gasteiger partial charge in [0.1, 0.15) is 17.6 Å². The first kappa shape index (κ1) is 8.81. The molecule has 1 aromatic carbocycles. The lowest BCUT2D eigenvalue weighted by molar-refractivity contribution is -0.604. The van der Waals surface area contributed by atoms with Gasteiger partial charge in [0.15, 0.2) is 0 Å². The number of hydrogen-bond acceptors (Lipinski definition) is 1. The number of benzene rings is 1. The van der Waals surface area contributed by atoms with Crippen LogP contribution in [0.5, 0.6) is 0 Å². The normalized spacial score (nSPS) is 10.4. The van der Waals surface area contributed by atoms with Crippen LogP contribution < -0.4 is 4.73 Å². The lowest BCUT2D eigenvalue weighted by Gasteiger charge is -1.98. The van der Waals surface area contributed by atoms with Gasteiger partial charge in [-0.15, -0.1) is 0 Å². The van der Waals surface area contributed by atoms with Crippen molar-refractivity contribution in [3.63, 3.8) is 0 Å². The van der Waals surface area contributed by atoms with Crippen LogP contribution in [0.25, 0.3) is 5.69 Å². The van der Waals surface area contributed by atoms with Crippen LogP contribution in [0.1, 0.15) is 11.3 Å². The molecule has 0 aliphatic rings. The van der Waals surface area contributed by atoms with Gasteiger partial charge < -0.3 is 5.21 Å². The van der Waals surface area contributed by atoms with Crippen molar-refractivity contribution in [2.24, 2.45) is 0 Å². The molecule has 14 heavy (non-hydrogen) atoms. The zero-order valence-corrected chi connectivity index (χ0v) is 8.27. The molecule has 0 amide bonds. The molecule has 1 aromatic heterocycles. The second-order valence-electron chi connectivity index (χ2n) is 3.45. The number of rotatable bonds is 1. The Balaban J connectivity index is 2.49. The summed E-state index contributed by atoms with van der Waals surface area (Å²) in [7, 11) is 0. The number of aromatic nitrogens is 2. The molecule has 2 aromatic rings. The molecule has 0 spiro atoms. The van der Waals surface area contributed by atoms with Crippen LogP contribution in [0.2, 0.25) is 0 Å². The number of aryl methyl sites for hydroxylation is 2. The monoisotopic (exact) mass is 188 g/mol. The van der Waals surface area contributed by atoms with Gasteiger partial charge in [0.2, 0.25) is 0 Å². The van der Waals surface area contributed by atoms with Gasteiger partial charge >= 0.3 is 0 Å². The highest BCUT2D eigenvalue weighted by Gasteiger charge is 2.07. The van der Waals surface area contributed by atoms with Gasteiger partial charge in [-0.05, 0) is 19.1 Å². The van der Waals surface area contributed by atoms with Crippen molar-refractivity contribution in [1.29, 1.82) is 0 Å². The molecule has 0 atom stereocenters. The average Bonchev–Trinajstić information content (AvgIpc) is 2.47. The van der Waals surface area contributed by atoms with Crippen molar-refractivity contribution in [3.8, 4) is 5.69 Å². The summed E-state index contributed by atoms with van der Waals surface area (Å²) >= 11 is 0. The highest BCUT2D eigenvalue weighted by molar-refractivity contribution is 5.35. The van der Waals surface area contributed by atoms with Crippen molar-refractivity contribution in [3.05, 3.63) is 53.3 Å². The standard InChI is InChI=1S/C11H12N2O/c1-9-3-5-11(6-4-9)13-8-12(14)7-10(13)2/h3-8H,1-2H3. The van der Waals surface area contributed by atoms with Crippen molar-refractivity contribution in [2.75, 3.05) is 0 Å². The fourth-order valence-electron chi connectivity index (χ4n) is 1.46. The minimum absolute atomic E-state index is 0.815. The molecule has 0 fully saturated rings. The highest BCUT2D eigenvalue weighted by Crippen LogP contribution is 2.10. The molecule has 0 unspecified atom stereocenters. The van der Waals surface area contributed by atoms with E-state index in [0.29, 0.717) is 0 Å². The zero-order valence-electron chi connectivity index (χ0n) is 8.27. The third-order valence-electron chi connectivity index (χ3n) is 2.24. The molecule has 0 saturated heterocycles. The van der Waals surface area contributed by atoms with Gasteiger partial charge in [0, 0.05) is 6.92 Å². The summed E-state index contributed by atoms with van der Waals surface area (Å²) in [4.78, 5) is 0. The smallest absolute Gasteiger partial charge is 0.252 e. The average molecular weight is 188 g/mol. The summed E-state index contributed by atoms with van der Waals surface area (Å²) in [5.74, 6) is 0. The van der Waals surface area contributed by atoms with Crippen molar-refractivity contribution in [2.45, 2.75) is 13.8 Å². The SMILES string of the molecule is Cc1ccc(-n2c[n+]([O-])cc2C)cc1. The summed E-state index contributed by atoms with van der Waals surface area (Å²) in [6.45, 7) is 3.95. The fourth-order valence-corrected chi connectivity index (χ4v) is 1.46. The van der Waals surface area contributed by atoms with Crippen LogP contribution in [0, 0.1) is 19.1 Å². The minimum atomic E-state index is 0.815. The molecule has 2 rings (SSSR count). The Morgan fingerprint density at radius 1 is 1.14 bits per heavy atom. The van der Waals surface area contributed by atoms with Crippen LogP contribution >= 0.6 is 0 Å². The topological polar surface area (TPSA) is 31.9 Å². The lowest BCUT2D eigenvalue weighted by atomic mass is 10.2. The molecule has 3 heteroatoms. The first-order valence-corrected chi connectivity index (χ1v) is 4.51. The molecule has 0 aliphatic heterocycles. The van der Waals surface area contributed by atoms with Gasteiger partial charge in [0.05, 0.1) is 0 Å². The Hall–Kier alpha value is -1.77. The molecule has 3 nitrogen and oxygen atoms in total. The maximum absolute atomic E-state index is 11.0. The number of nitrogens with zero attached hydrogens (tertiary/aromatic N) is 2. The van der Waals surface area contributed by atoms with Crippen molar-refractivity contribution < 1.29 is 4.73 Å². The molecule has 0 aliphatic carbocycles. The fraction of sp³-hybridized carbons (Fsp3) is 0.182. The molecule has 72 valence electrons. The van der Waals surface area contributed by atoms with E-state index in [0.717, 1.165) is 16.1 Å². The molecule has 0 bridgehead atoms. The summed E-state index contributed by atoms with van der Waals surface area (Å²) < 4.78 is 2.68. The summed E-state index contributed by atoms with van der Waals surface area (Å²) in [5.41, 5.74) is 3.17. The van der Waals surface area contributed by atoms with Gasteiger partial charge in [-0.3, -0.25) is 0 Å². The summed E-state index contributed by atoms with van der Waals surface area (Å²) in [6, 6.07) is 8.07. The van der Waals surface area contributed by atoms with E-state index in [1.807, 2.05) is 42.7 Å². The second kappa shape index (κ2) is 3.18. The van der Waals surface area contributed by atoms with Crippen molar-refractivity contribution in [1.82, 2.24) is 4.57 Å². The Kier molecular flexibility index (Phi) is 2.00. The number of imidazole rings is 1. The Morgan fingerprint density at radius 3 is 2.29 bits per heavy atom. The van der Waals surface area contributed by atoms with E-state index in [2.05, 4.69) is 0 Å². The molecule has 0 saturated carbocycles. The molecular weight excluding hydrogens is 176 g/mol. The van der Waals surface area contributed by atoms with E-state index in [9.17, 15) is 5.21 Å². The van der Waals surface area contributed by atoms with Gasteiger partial charge in [-0.2, -0.15) is 4.57 Å². The number of hydrogen-bond donors (Lipinski definition) is 0. The molecular formula is C11H12N2O. The highest BCUT2D eigenvalue weighted by atomic mass is 16.5. The molecule has 0 radical (unpaired) electrons. The Bertz CT molecular complexity index is 443. The Morgan fingerprint density at radius 2 is 1.79 bits per heavy atom. The first-order chi connectivity index (χ1) is 6.66.